The minimum atomic E-state index is 0.443. The van der Waals surface area contributed by atoms with Crippen molar-refractivity contribution >= 4 is 6.29 Å². The average molecular weight is 215 g/mol. The molecule has 0 aromatic carbocycles. The summed E-state index contributed by atoms with van der Waals surface area (Å²) in [5, 5.41) is 0. The van der Waals surface area contributed by atoms with Gasteiger partial charge in [-0.2, -0.15) is 0 Å². The van der Waals surface area contributed by atoms with E-state index in [4.69, 9.17) is 0 Å². The number of hydrogen-bond donors (Lipinski definition) is 0. The summed E-state index contributed by atoms with van der Waals surface area (Å²) < 4.78 is 0. The van der Waals surface area contributed by atoms with Gasteiger partial charge in [0.25, 0.3) is 0 Å². The van der Waals surface area contributed by atoms with Gasteiger partial charge >= 0.3 is 0 Å². The molecule has 2 heteroatoms. The first-order valence-electron chi connectivity index (χ1n) is 5.45. The van der Waals surface area contributed by atoms with Gasteiger partial charge in [0, 0.05) is 24.7 Å². The molecule has 0 radical (unpaired) electrons. The highest BCUT2D eigenvalue weighted by molar-refractivity contribution is 5.54. The molecule has 84 valence electrons. The van der Waals surface area contributed by atoms with Crippen LogP contribution >= 0.6 is 0 Å². The fourth-order valence-corrected chi connectivity index (χ4v) is 1.46. The zero-order valence-corrected chi connectivity index (χ0v) is 9.81. The van der Waals surface area contributed by atoms with Crippen LogP contribution in [0.1, 0.15) is 25.1 Å². The van der Waals surface area contributed by atoms with Crippen LogP contribution in [-0.4, -0.2) is 11.3 Å². The summed E-state index contributed by atoms with van der Waals surface area (Å²) in [5.74, 6) is 0. The van der Waals surface area contributed by atoms with Crippen LogP contribution in [0, 0.1) is 0 Å². The first kappa shape index (κ1) is 12.4. The molecule has 1 rings (SSSR count). The third-order valence-electron chi connectivity index (χ3n) is 2.34. The number of allylic oxidation sites excluding steroid dienone is 4. The highest BCUT2D eigenvalue weighted by Crippen LogP contribution is 2.08. The Morgan fingerprint density at radius 2 is 2.19 bits per heavy atom. The van der Waals surface area contributed by atoms with Crippen LogP contribution in [0.3, 0.4) is 0 Å². The lowest BCUT2D eigenvalue weighted by Crippen LogP contribution is -1.94. The molecule has 0 unspecified atom stereocenters. The van der Waals surface area contributed by atoms with Crippen LogP contribution in [0.25, 0.3) is 0 Å². The lowest BCUT2D eigenvalue weighted by Gasteiger charge is -2.02. The molecule has 0 N–H and O–H groups in total. The molecule has 0 aliphatic heterocycles. The maximum absolute atomic E-state index is 10.3. The lowest BCUT2D eigenvalue weighted by atomic mass is 10.1. The standard InChI is InChI=1S/C14H17NO/c1-3-5-12(4-2)10-14-7-6-13(8-9-16)11-15-14/h3-7,9,11H,8,10H2,1-2H3/b5-3-,12-4+. The van der Waals surface area contributed by atoms with E-state index < -0.39 is 0 Å². The third-order valence-corrected chi connectivity index (χ3v) is 2.34. The van der Waals surface area contributed by atoms with Gasteiger partial charge in [0.1, 0.15) is 6.29 Å². The second kappa shape index (κ2) is 6.72. The van der Waals surface area contributed by atoms with Crippen molar-refractivity contribution in [1.82, 2.24) is 4.98 Å². The Balaban J connectivity index is 2.71. The van der Waals surface area contributed by atoms with Gasteiger partial charge in [-0.1, -0.05) is 24.3 Å². The van der Waals surface area contributed by atoms with Gasteiger partial charge in [0.2, 0.25) is 0 Å². The van der Waals surface area contributed by atoms with Gasteiger partial charge < -0.3 is 4.79 Å². The topological polar surface area (TPSA) is 30.0 Å². The fourth-order valence-electron chi connectivity index (χ4n) is 1.46. The molecule has 1 aromatic rings. The maximum atomic E-state index is 10.3. The van der Waals surface area contributed by atoms with Gasteiger partial charge in [-0.3, -0.25) is 4.98 Å². The predicted molar refractivity (Wildman–Crippen MR) is 66.3 cm³/mol. The normalized spacial score (nSPS) is 12.0. The fraction of sp³-hybridized carbons (Fsp3) is 0.286. The zero-order chi connectivity index (χ0) is 11.8. The zero-order valence-electron chi connectivity index (χ0n) is 9.81. The molecule has 16 heavy (non-hydrogen) atoms. The largest absolute Gasteiger partial charge is 0.303 e. The maximum Gasteiger partial charge on any atom is 0.124 e. The molecular formula is C14H17NO. The first-order valence-corrected chi connectivity index (χ1v) is 5.45. The Labute approximate surface area is 96.7 Å². The Morgan fingerprint density at radius 3 is 2.69 bits per heavy atom. The first-order chi connectivity index (χ1) is 7.80. The van der Waals surface area contributed by atoms with E-state index in [-0.39, 0.29) is 0 Å². The summed E-state index contributed by atoms with van der Waals surface area (Å²) in [4.78, 5) is 14.7. The highest BCUT2D eigenvalue weighted by atomic mass is 16.1. The van der Waals surface area contributed by atoms with Crippen LogP contribution < -0.4 is 0 Å². The van der Waals surface area contributed by atoms with Crippen LogP contribution in [-0.2, 0) is 17.6 Å². The van der Waals surface area contributed by atoms with E-state index in [1.807, 2.05) is 32.1 Å². The number of aldehydes is 1. The SMILES string of the molecule is C/C=C\C(=C/C)Cc1ccc(CC=O)cn1. The summed E-state index contributed by atoms with van der Waals surface area (Å²) in [7, 11) is 0. The predicted octanol–water partition coefficient (Wildman–Crippen LogP) is 2.89. The van der Waals surface area contributed by atoms with E-state index >= 15 is 0 Å². The molecule has 2 nitrogen and oxygen atoms in total. The molecule has 0 bridgehead atoms. The molecule has 0 fully saturated rings. The van der Waals surface area contributed by atoms with Crippen molar-refractivity contribution < 1.29 is 4.79 Å². The van der Waals surface area contributed by atoms with Crippen LogP contribution in [0.15, 0.2) is 42.1 Å². The second-order valence-electron chi connectivity index (χ2n) is 3.57. The summed E-state index contributed by atoms with van der Waals surface area (Å²) in [6, 6.07) is 3.94. The van der Waals surface area contributed by atoms with Crippen molar-refractivity contribution in [3.63, 3.8) is 0 Å². The van der Waals surface area contributed by atoms with E-state index in [1.54, 1.807) is 6.20 Å². The molecule has 0 aliphatic carbocycles. The van der Waals surface area contributed by atoms with Crippen molar-refractivity contribution in [2.45, 2.75) is 26.7 Å². The quantitative estimate of drug-likeness (QED) is 0.558. The van der Waals surface area contributed by atoms with Crippen molar-refractivity contribution in [2.24, 2.45) is 0 Å². The number of pyridine rings is 1. The number of carbonyl (C=O) groups excluding carboxylic acids is 1. The number of aromatic nitrogens is 1. The van der Waals surface area contributed by atoms with Gasteiger partial charge in [0.15, 0.2) is 0 Å². The minimum Gasteiger partial charge on any atom is -0.303 e. The molecule has 0 amide bonds. The van der Waals surface area contributed by atoms with E-state index in [2.05, 4.69) is 17.1 Å². The highest BCUT2D eigenvalue weighted by Gasteiger charge is 1.98. The van der Waals surface area contributed by atoms with Crippen LogP contribution in [0.4, 0.5) is 0 Å². The van der Waals surface area contributed by atoms with E-state index in [0.717, 1.165) is 24.0 Å². The van der Waals surface area contributed by atoms with Gasteiger partial charge in [-0.15, -0.1) is 0 Å². The Hall–Kier alpha value is -1.70. The van der Waals surface area contributed by atoms with Crippen molar-refractivity contribution in [3.05, 3.63) is 53.4 Å². The molecule has 0 spiro atoms. The van der Waals surface area contributed by atoms with E-state index in [1.165, 1.54) is 5.57 Å². The third kappa shape index (κ3) is 3.81. The minimum absolute atomic E-state index is 0.443. The van der Waals surface area contributed by atoms with Crippen molar-refractivity contribution in [2.75, 3.05) is 0 Å². The summed E-state index contributed by atoms with van der Waals surface area (Å²) >= 11 is 0. The number of carbonyl (C=O) groups is 1. The molecule has 1 heterocycles. The Morgan fingerprint density at radius 1 is 1.38 bits per heavy atom. The van der Waals surface area contributed by atoms with Crippen LogP contribution in [0.5, 0.6) is 0 Å². The summed E-state index contributed by atoms with van der Waals surface area (Å²) in [5.41, 5.74) is 3.24. The number of hydrogen-bond acceptors (Lipinski definition) is 2. The second-order valence-corrected chi connectivity index (χ2v) is 3.57. The van der Waals surface area contributed by atoms with Crippen molar-refractivity contribution in [1.29, 1.82) is 0 Å². The average Bonchev–Trinajstić information content (AvgIpc) is 2.31. The molecule has 0 aliphatic rings. The van der Waals surface area contributed by atoms with Gasteiger partial charge in [-0.25, -0.2) is 0 Å². The monoisotopic (exact) mass is 215 g/mol. The number of rotatable bonds is 5. The van der Waals surface area contributed by atoms with Gasteiger partial charge in [0.05, 0.1) is 0 Å². The lowest BCUT2D eigenvalue weighted by molar-refractivity contribution is -0.107. The van der Waals surface area contributed by atoms with Gasteiger partial charge in [-0.05, 0) is 31.1 Å². The summed E-state index contributed by atoms with van der Waals surface area (Å²) in [6.45, 7) is 4.03. The molecular weight excluding hydrogens is 198 g/mol. The smallest absolute Gasteiger partial charge is 0.124 e. The van der Waals surface area contributed by atoms with E-state index in [0.29, 0.717) is 6.42 Å². The Bertz CT molecular complexity index is 388. The van der Waals surface area contributed by atoms with Crippen LogP contribution in [0.2, 0.25) is 0 Å². The Kier molecular flexibility index (Phi) is 5.20. The number of nitrogens with zero attached hydrogens (tertiary/aromatic N) is 1. The van der Waals surface area contributed by atoms with E-state index in [9.17, 15) is 4.79 Å². The van der Waals surface area contributed by atoms with Crippen molar-refractivity contribution in [3.8, 4) is 0 Å². The molecule has 0 saturated carbocycles. The molecule has 1 aromatic heterocycles. The summed E-state index contributed by atoms with van der Waals surface area (Å²) in [6.07, 6.45) is 10.1. The molecule has 0 atom stereocenters. The molecule has 0 saturated heterocycles.